The van der Waals surface area contributed by atoms with Gasteiger partial charge in [-0.25, -0.2) is 0 Å². The van der Waals surface area contributed by atoms with Crippen molar-refractivity contribution < 1.29 is 4.79 Å². The lowest BCUT2D eigenvalue weighted by Crippen LogP contribution is -2.37. The molecule has 4 heteroatoms. The van der Waals surface area contributed by atoms with E-state index in [1.807, 2.05) is 19.0 Å². The van der Waals surface area contributed by atoms with Crippen molar-refractivity contribution in [2.75, 3.05) is 33.7 Å². The van der Waals surface area contributed by atoms with Gasteiger partial charge in [0, 0.05) is 25.6 Å². The third-order valence-electron chi connectivity index (χ3n) is 2.21. The lowest BCUT2D eigenvalue weighted by atomic mass is 10.2. The summed E-state index contributed by atoms with van der Waals surface area (Å²) in [5.41, 5.74) is 0. The number of hydrogen-bond donors (Lipinski definition) is 2. The Morgan fingerprint density at radius 3 is 2.92 bits per heavy atom. The molecule has 76 valence electrons. The van der Waals surface area contributed by atoms with E-state index in [0.717, 1.165) is 26.1 Å². The second-order valence-electron chi connectivity index (χ2n) is 3.81. The fraction of sp³-hybridized carbons (Fsp3) is 0.889. The number of carbonyl (C=O) groups is 1. The average Bonchev–Trinajstić information content (AvgIpc) is 2.53. The van der Waals surface area contributed by atoms with Gasteiger partial charge < -0.3 is 15.5 Å². The zero-order valence-corrected chi connectivity index (χ0v) is 8.47. The Hall–Kier alpha value is -0.610. The molecule has 1 aliphatic heterocycles. The van der Waals surface area contributed by atoms with Crippen molar-refractivity contribution in [2.45, 2.75) is 18.9 Å². The zero-order valence-electron chi connectivity index (χ0n) is 8.47. The molecule has 0 aromatic carbocycles. The van der Waals surface area contributed by atoms with Gasteiger partial charge >= 0.3 is 0 Å². The summed E-state index contributed by atoms with van der Waals surface area (Å²) in [4.78, 5) is 13.4. The summed E-state index contributed by atoms with van der Waals surface area (Å²) < 4.78 is 0. The third-order valence-corrected chi connectivity index (χ3v) is 2.21. The molecule has 0 aromatic heterocycles. The largest absolute Gasteiger partial charge is 0.352 e. The van der Waals surface area contributed by atoms with Crippen LogP contribution in [0, 0.1) is 0 Å². The normalized spacial score (nSPS) is 22.2. The zero-order chi connectivity index (χ0) is 9.68. The van der Waals surface area contributed by atoms with Crippen LogP contribution in [0.5, 0.6) is 0 Å². The van der Waals surface area contributed by atoms with E-state index in [-0.39, 0.29) is 5.91 Å². The minimum Gasteiger partial charge on any atom is -0.352 e. The molecule has 13 heavy (non-hydrogen) atoms. The Kier molecular flexibility index (Phi) is 4.18. The molecule has 1 rings (SSSR count). The van der Waals surface area contributed by atoms with E-state index in [1.54, 1.807) is 0 Å². The molecular formula is C9H19N3O. The first-order chi connectivity index (χ1) is 6.18. The van der Waals surface area contributed by atoms with E-state index >= 15 is 0 Å². The summed E-state index contributed by atoms with van der Waals surface area (Å²) in [5, 5.41) is 6.22. The molecule has 0 bridgehead atoms. The van der Waals surface area contributed by atoms with Crippen molar-refractivity contribution in [1.29, 1.82) is 0 Å². The SMILES string of the molecule is CN(C)CCC(=O)NC1CCNC1. The molecule has 0 radical (unpaired) electrons. The molecule has 1 saturated heterocycles. The fourth-order valence-corrected chi connectivity index (χ4v) is 1.40. The summed E-state index contributed by atoms with van der Waals surface area (Å²) in [6, 6.07) is 0.356. The van der Waals surface area contributed by atoms with Crippen LogP contribution in [0.15, 0.2) is 0 Å². The number of carbonyl (C=O) groups excluding carboxylic acids is 1. The molecule has 1 atom stereocenters. The first-order valence-electron chi connectivity index (χ1n) is 4.83. The van der Waals surface area contributed by atoms with Crippen molar-refractivity contribution in [2.24, 2.45) is 0 Å². The van der Waals surface area contributed by atoms with Crippen LogP contribution in [0.3, 0.4) is 0 Å². The van der Waals surface area contributed by atoms with E-state index in [9.17, 15) is 4.79 Å². The predicted octanol–water partition coefficient (Wildman–Crippen LogP) is -0.584. The van der Waals surface area contributed by atoms with Crippen LogP contribution in [-0.2, 0) is 4.79 Å². The summed E-state index contributed by atoms with van der Waals surface area (Å²) in [6.07, 6.45) is 1.66. The Morgan fingerprint density at radius 1 is 1.62 bits per heavy atom. The van der Waals surface area contributed by atoms with E-state index in [2.05, 4.69) is 10.6 Å². The highest BCUT2D eigenvalue weighted by molar-refractivity contribution is 5.76. The van der Waals surface area contributed by atoms with Gasteiger partial charge in [0.05, 0.1) is 0 Å². The first-order valence-corrected chi connectivity index (χ1v) is 4.83. The molecule has 0 saturated carbocycles. The number of nitrogens with one attached hydrogen (secondary N) is 2. The van der Waals surface area contributed by atoms with Gasteiger partial charge in [0.1, 0.15) is 0 Å². The van der Waals surface area contributed by atoms with Crippen molar-refractivity contribution in [3.8, 4) is 0 Å². The topological polar surface area (TPSA) is 44.4 Å². The van der Waals surface area contributed by atoms with E-state index in [1.165, 1.54) is 0 Å². The molecule has 1 heterocycles. The van der Waals surface area contributed by atoms with Gasteiger partial charge in [0.25, 0.3) is 0 Å². The summed E-state index contributed by atoms with van der Waals surface area (Å²) in [6.45, 7) is 2.78. The summed E-state index contributed by atoms with van der Waals surface area (Å²) >= 11 is 0. The number of amides is 1. The average molecular weight is 185 g/mol. The molecular weight excluding hydrogens is 166 g/mol. The van der Waals surface area contributed by atoms with Crippen LogP contribution in [-0.4, -0.2) is 50.6 Å². The number of hydrogen-bond acceptors (Lipinski definition) is 3. The maximum Gasteiger partial charge on any atom is 0.221 e. The summed E-state index contributed by atoms with van der Waals surface area (Å²) in [7, 11) is 3.95. The Labute approximate surface area is 79.7 Å². The highest BCUT2D eigenvalue weighted by Gasteiger charge is 2.15. The first kappa shape index (κ1) is 10.5. The van der Waals surface area contributed by atoms with Gasteiger partial charge in [-0.1, -0.05) is 0 Å². The van der Waals surface area contributed by atoms with Gasteiger partial charge in [-0.05, 0) is 27.1 Å². The molecule has 1 aliphatic rings. The fourth-order valence-electron chi connectivity index (χ4n) is 1.40. The van der Waals surface area contributed by atoms with Crippen molar-refractivity contribution in [3.05, 3.63) is 0 Å². The van der Waals surface area contributed by atoms with Gasteiger partial charge in [-0.2, -0.15) is 0 Å². The Balaban J connectivity index is 2.09. The quantitative estimate of drug-likeness (QED) is 0.615. The minimum atomic E-state index is 0.169. The van der Waals surface area contributed by atoms with Gasteiger partial charge in [-0.3, -0.25) is 4.79 Å². The maximum atomic E-state index is 11.3. The molecule has 1 fully saturated rings. The van der Waals surface area contributed by atoms with Crippen LogP contribution in [0.2, 0.25) is 0 Å². The minimum absolute atomic E-state index is 0.169. The van der Waals surface area contributed by atoms with Crippen LogP contribution < -0.4 is 10.6 Å². The molecule has 0 aromatic rings. The standard InChI is InChI=1S/C9H19N3O/c1-12(2)6-4-9(13)11-8-3-5-10-7-8/h8,10H,3-7H2,1-2H3,(H,11,13). The third kappa shape index (κ3) is 4.24. The molecule has 2 N–H and O–H groups in total. The Bertz CT molecular complexity index is 164. The van der Waals surface area contributed by atoms with Gasteiger partial charge in [0.2, 0.25) is 5.91 Å². The van der Waals surface area contributed by atoms with Gasteiger partial charge in [0.15, 0.2) is 0 Å². The Morgan fingerprint density at radius 2 is 2.38 bits per heavy atom. The van der Waals surface area contributed by atoms with E-state index < -0.39 is 0 Å². The molecule has 0 aliphatic carbocycles. The second-order valence-corrected chi connectivity index (χ2v) is 3.81. The highest BCUT2D eigenvalue weighted by Crippen LogP contribution is 1.97. The van der Waals surface area contributed by atoms with Crippen LogP contribution >= 0.6 is 0 Å². The van der Waals surface area contributed by atoms with E-state index in [0.29, 0.717) is 12.5 Å². The molecule has 4 nitrogen and oxygen atoms in total. The van der Waals surface area contributed by atoms with Crippen LogP contribution in [0.1, 0.15) is 12.8 Å². The van der Waals surface area contributed by atoms with Gasteiger partial charge in [-0.15, -0.1) is 0 Å². The molecule has 0 spiro atoms. The lowest BCUT2D eigenvalue weighted by molar-refractivity contribution is -0.121. The van der Waals surface area contributed by atoms with E-state index in [4.69, 9.17) is 0 Å². The molecule has 1 amide bonds. The van der Waals surface area contributed by atoms with Crippen LogP contribution in [0.25, 0.3) is 0 Å². The number of rotatable bonds is 4. The summed E-state index contributed by atoms with van der Waals surface area (Å²) in [5.74, 6) is 0.169. The highest BCUT2D eigenvalue weighted by atomic mass is 16.1. The lowest BCUT2D eigenvalue weighted by Gasteiger charge is -2.13. The predicted molar refractivity (Wildman–Crippen MR) is 52.6 cm³/mol. The number of nitrogens with zero attached hydrogens (tertiary/aromatic N) is 1. The van der Waals surface area contributed by atoms with Crippen molar-refractivity contribution in [1.82, 2.24) is 15.5 Å². The monoisotopic (exact) mass is 185 g/mol. The van der Waals surface area contributed by atoms with Crippen LogP contribution in [0.4, 0.5) is 0 Å². The van der Waals surface area contributed by atoms with Crippen molar-refractivity contribution >= 4 is 5.91 Å². The smallest absolute Gasteiger partial charge is 0.221 e. The van der Waals surface area contributed by atoms with Crippen molar-refractivity contribution in [3.63, 3.8) is 0 Å². The second kappa shape index (κ2) is 5.19. The maximum absolute atomic E-state index is 11.3. The molecule has 1 unspecified atom stereocenters.